The standard InChI is InChI=1S/C17H13F3N2OS/c18-17(19,20)11-6-4-10(5-7-11)13-9-12-15(23-13)21-14-3-1-2-8-22(14)16(12)24/h4-7,9H,1-3,8H2. The first-order valence-corrected chi connectivity index (χ1v) is 8.05. The summed E-state index contributed by atoms with van der Waals surface area (Å²) in [4.78, 5) is 4.53. The molecule has 3 heterocycles. The van der Waals surface area contributed by atoms with Crippen molar-refractivity contribution in [1.82, 2.24) is 9.55 Å². The Morgan fingerprint density at radius 3 is 2.58 bits per heavy atom. The number of aryl methyl sites for hydroxylation is 1. The van der Waals surface area contributed by atoms with E-state index in [1.165, 1.54) is 12.1 Å². The highest BCUT2D eigenvalue weighted by atomic mass is 32.1. The summed E-state index contributed by atoms with van der Waals surface area (Å²) in [7, 11) is 0. The van der Waals surface area contributed by atoms with Gasteiger partial charge in [-0.05, 0) is 31.0 Å². The summed E-state index contributed by atoms with van der Waals surface area (Å²) in [5.74, 6) is 1.38. The van der Waals surface area contributed by atoms with Gasteiger partial charge in [0.05, 0.1) is 10.9 Å². The van der Waals surface area contributed by atoms with E-state index in [4.69, 9.17) is 16.6 Å². The fourth-order valence-corrected chi connectivity index (χ4v) is 3.34. The maximum Gasteiger partial charge on any atom is 0.416 e. The molecule has 0 saturated heterocycles. The van der Waals surface area contributed by atoms with Crippen LogP contribution in [-0.4, -0.2) is 9.55 Å². The normalized spacial score (nSPS) is 14.8. The third-order valence-electron chi connectivity index (χ3n) is 4.26. The molecule has 0 fully saturated rings. The molecule has 0 saturated carbocycles. The summed E-state index contributed by atoms with van der Waals surface area (Å²) in [5, 5.41) is 0.727. The lowest BCUT2D eigenvalue weighted by Crippen LogP contribution is -2.15. The first kappa shape index (κ1) is 15.4. The molecule has 0 unspecified atom stereocenters. The Labute approximate surface area is 140 Å². The van der Waals surface area contributed by atoms with Gasteiger partial charge in [-0.25, -0.2) is 0 Å². The molecule has 0 aliphatic carbocycles. The number of furan rings is 1. The van der Waals surface area contributed by atoms with Gasteiger partial charge in [0, 0.05) is 18.5 Å². The van der Waals surface area contributed by atoms with Crippen LogP contribution in [0, 0.1) is 4.64 Å². The van der Waals surface area contributed by atoms with Gasteiger partial charge in [0.1, 0.15) is 16.2 Å². The van der Waals surface area contributed by atoms with Crippen LogP contribution < -0.4 is 0 Å². The topological polar surface area (TPSA) is 31.0 Å². The van der Waals surface area contributed by atoms with Gasteiger partial charge < -0.3 is 8.98 Å². The summed E-state index contributed by atoms with van der Waals surface area (Å²) < 4.78 is 46.4. The van der Waals surface area contributed by atoms with Crippen LogP contribution in [0.15, 0.2) is 34.7 Å². The van der Waals surface area contributed by atoms with E-state index < -0.39 is 11.7 Å². The molecule has 0 radical (unpaired) electrons. The van der Waals surface area contributed by atoms with E-state index in [9.17, 15) is 13.2 Å². The Kier molecular flexibility index (Phi) is 3.49. The fraction of sp³-hybridized carbons (Fsp3) is 0.294. The van der Waals surface area contributed by atoms with E-state index in [0.29, 0.717) is 21.7 Å². The van der Waals surface area contributed by atoms with Crippen molar-refractivity contribution >= 4 is 23.3 Å². The molecule has 7 heteroatoms. The maximum atomic E-state index is 12.7. The Bertz CT molecular complexity index is 970. The molecule has 3 nitrogen and oxygen atoms in total. The lowest BCUT2D eigenvalue weighted by molar-refractivity contribution is -0.137. The van der Waals surface area contributed by atoms with Crippen molar-refractivity contribution in [3.05, 3.63) is 46.4 Å². The summed E-state index contributed by atoms with van der Waals surface area (Å²) in [6.45, 7) is 0.845. The minimum atomic E-state index is -4.35. The number of rotatable bonds is 1. The predicted octanol–water partition coefficient (Wildman–Crippen LogP) is 5.38. The number of hydrogen-bond acceptors (Lipinski definition) is 3. The van der Waals surface area contributed by atoms with Gasteiger partial charge >= 0.3 is 6.18 Å². The van der Waals surface area contributed by atoms with E-state index in [1.54, 1.807) is 6.07 Å². The van der Waals surface area contributed by atoms with Gasteiger partial charge in [-0.1, -0.05) is 24.4 Å². The summed E-state index contributed by atoms with van der Waals surface area (Å²) in [5.41, 5.74) is 0.330. The third kappa shape index (κ3) is 2.53. The van der Waals surface area contributed by atoms with Crippen LogP contribution in [0.2, 0.25) is 0 Å². The fourth-order valence-electron chi connectivity index (χ4n) is 3.00. The van der Waals surface area contributed by atoms with Crippen LogP contribution in [0.1, 0.15) is 24.2 Å². The van der Waals surface area contributed by atoms with E-state index in [1.807, 2.05) is 4.57 Å². The minimum Gasteiger partial charge on any atom is -0.438 e. The maximum absolute atomic E-state index is 12.7. The molecular formula is C17H13F3N2OS. The number of nitrogens with zero attached hydrogens (tertiary/aromatic N) is 2. The number of halogens is 3. The van der Waals surface area contributed by atoms with E-state index in [2.05, 4.69) is 4.98 Å². The van der Waals surface area contributed by atoms with Crippen LogP contribution in [-0.2, 0) is 19.1 Å². The second-order valence-electron chi connectivity index (χ2n) is 5.85. The minimum absolute atomic E-state index is 0.447. The van der Waals surface area contributed by atoms with Gasteiger partial charge in [0.2, 0.25) is 5.71 Å². The van der Waals surface area contributed by atoms with Crippen molar-refractivity contribution in [2.75, 3.05) is 0 Å². The molecule has 2 aromatic heterocycles. The Balaban J connectivity index is 1.81. The van der Waals surface area contributed by atoms with Crippen LogP contribution in [0.3, 0.4) is 0 Å². The smallest absolute Gasteiger partial charge is 0.416 e. The van der Waals surface area contributed by atoms with Crippen LogP contribution in [0.5, 0.6) is 0 Å². The van der Waals surface area contributed by atoms with Crippen molar-refractivity contribution in [3.8, 4) is 11.3 Å². The van der Waals surface area contributed by atoms with Gasteiger partial charge in [0.25, 0.3) is 0 Å². The Morgan fingerprint density at radius 1 is 1.12 bits per heavy atom. The van der Waals surface area contributed by atoms with Crippen LogP contribution >= 0.6 is 12.2 Å². The van der Waals surface area contributed by atoms with Crippen LogP contribution in [0.4, 0.5) is 13.2 Å². The number of benzene rings is 1. The monoisotopic (exact) mass is 350 g/mol. The van der Waals surface area contributed by atoms with Gasteiger partial charge in [-0.15, -0.1) is 0 Å². The first-order chi connectivity index (χ1) is 11.4. The van der Waals surface area contributed by atoms with E-state index >= 15 is 0 Å². The van der Waals surface area contributed by atoms with Crippen molar-refractivity contribution < 1.29 is 17.6 Å². The number of aromatic nitrogens is 2. The zero-order valence-corrected chi connectivity index (χ0v) is 13.4. The molecule has 1 aromatic carbocycles. The van der Waals surface area contributed by atoms with Gasteiger partial charge in [-0.3, -0.25) is 0 Å². The number of alkyl halides is 3. The molecule has 0 N–H and O–H groups in total. The quantitative estimate of drug-likeness (QED) is 0.552. The molecule has 4 rings (SSSR count). The molecule has 1 aliphatic heterocycles. The van der Waals surface area contributed by atoms with Gasteiger partial charge in [0.15, 0.2) is 0 Å². The highest BCUT2D eigenvalue weighted by molar-refractivity contribution is 7.71. The zero-order chi connectivity index (χ0) is 16.9. The molecule has 0 bridgehead atoms. The molecule has 0 spiro atoms. The molecule has 0 amide bonds. The molecular weight excluding hydrogens is 337 g/mol. The Morgan fingerprint density at radius 2 is 1.88 bits per heavy atom. The largest absolute Gasteiger partial charge is 0.438 e. The van der Waals surface area contributed by atoms with Crippen LogP contribution in [0.25, 0.3) is 22.4 Å². The third-order valence-corrected chi connectivity index (χ3v) is 4.70. The second kappa shape index (κ2) is 5.44. The lowest BCUT2D eigenvalue weighted by atomic mass is 10.1. The summed E-state index contributed by atoms with van der Waals surface area (Å²) in [6.07, 6.45) is -1.36. The first-order valence-electron chi connectivity index (χ1n) is 7.64. The molecule has 24 heavy (non-hydrogen) atoms. The lowest BCUT2D eigenvalue weighted by Gasteiger charge is -2.17. The molecule has 3 aromatic rings. The second-order valence-corrected chi connectivity index (χ2v) is 6.23. The zero-order valence-electron chi connectivity index (χ0n) is 12.6. The molecule has 0 atom stereocenters. The average Bonchev–Trinajstić information content (AvgIpc) is 2.99. The predicted molar refractivity (Wildman–Crippen MR) is 86.2 cm³/mol. The van der Waals surface area contributed by atoms with Crippen molar-refractivity contribution in [2.24, 2.45) is 0 Å². The number of hydrogen-bond donors (Lipinski definition) is 0. The highest BCUT2D eigenvalue weighted by Gasteiger charge is 2.30. The van der Waals surface area contributed by atoms with Crippen molar-refractivity contribution in [3.63, 3.8) is 0 Å². The average molecular weight is 350 g/mol. The molecule has 124 valence electrons. The molecule has 1 aliphatic rings. The summed E-state index contributed by atoms with van der Waals surface area (Å²) in [6, 6.07) is 6.65. The SMILES string of the molecule is FC(F)(F)c1ccc(-c2cc3c(=S)n4c(nc3o2)CCCC4)cc1. The van der Waals surface area contributed by atoms with Crippen molar-refractivity contribution in [1.29, 1.82) is 0 Å². The van der Waals surface area contributed by atoms with E-state index in [-0.39, 0.29) is 0 Å². The summed E-state index contributed by atoms with van der Waals surface area (Å²) >= 11 is 5.53. The Hall–Kier alpha value is -2.15. The van der Waals surface area contributed by atoms with Crippen molar-refractivity contribution in [2.45, 2.75) is 32.0 Å². The highest BCUT2D eigenvalue weighted by Crippen LogP contribution is 2.33. The van der Waals surface area contributed by atoms with E-state index in [0.717, 1.165) is 49.2 Å². The number of fused-ring (bicyclic) bond motifs is 2. The van der Waals surface area contributed by atoms with Gasteiger partial charge in [-0.2, -0.15) is 18.2 Å².